The van der Waals surface area contributed by atoms with Gasteiger partial charge >= 0.3 is 16.5 Å². The lowest BCUT2D eigenvalue weighted by atomic mass is 9.96. The van der Waals surface area contributed by atoms with Crippen molar-refractivity contribution in [2.45, 2.75) is 170 Å². The zero-order valence-electron chi connectivity index (χ0n) is 58.1. The number of carbonyl (C=O) groups excluding carboxylic acids is 8. The van der Waals surface area contributed by atoms with Gasteiger partial charge in [-0.25, -0.2) is 29.7 Å². The van der Waals surface area contributed by atoms with Gasteiger partial charge in [-0.05, 0) is 46.2 Å². The number of H-pyrrole nitrogens is 1. The van der Waals surface area contributed by atoms with Gasteiger partial charge in [0.1, 0.15) is 94.6 Å². The van der Waals surface area contributed by atoms with Gasteiger partial charge in [-0.1, -0.05) is 37.3 Å². The molecule has 28 N–H and O–H groups in total. The van der Waals surface area contributed by atoms with Crippen molar-refractivity contribution in [2.75, 3.05) is 45.1 Å². The van der Waals surface area contributed by atoms with Crippen LogP contribution in [0.15, 0.2) is 53.6 Å². The van der Waals surface area contributed by atoms with E-state index in [0.29, 0.717) is 35.2 Å². The van der Waals surface area contributed by atoms with Gasteiger partial charge in [0, 0.05) is 54.8 Å². The van der Waals surface area contributed by atoms with Crippen molar-refractivity contribution in [3.05, 3.63) is 92.7 Å². The molecule has 2 saturated heterocycles. The van der Waals surface area contributed by atoms with Crippen LogP contribution in [0.1, 0.15) is 107 Å². The van der Waals surface area contributed by atoms with Crippen LogP contribution in [0.25, 0.3) is 10.7 Å². The third kappa shape index (κ3) is 25.2. The van der Waals surface area contributed by atoms with Crippen molar-refractivity contribution in [1.82, 2.24) is 67.1 Å². The number of aromatic nitrogens is 6. The van der Waals surface area contributed by atoms with Crippen molar-refractivity contribution < 1.29 is 120 Å². The first kappa shape index (κ1) is 87.3. The molecule has 2 aliphatic rings. The van der Waals surface area contributed by atoms with E-state index in [1.165, 1.54) is 50.4 Å². The fraction of sp³-hybridized carbons (Fsp3) is 0.557. The number of anilines is 1. The number of nitrogen functional groups attached to an aromatic ring is 1. The van der Waals surface area contributed by atoms with Crippen molar-refractivity contribution in [2.24, 2.45) is 28.9 Å². The maximum Gasteiger partial charge on any atom is 0.404 e. The molecule has 0 radical (unpaired) electrons. The van der Waals surface area contributed by atoms with Gasteiger partial charge in [0.25, 0.3) is 11.8 Å². The van der Waals surface area contributed by atoms with E-state index in [-0.39, 0.29) is 60.1 Å². The molecule has 20 atom stereocenters. The molecule has 0 spiro atoms. The minimum atomic E-state index is -4.67. The molecule has 2 fully saturated rings. The van der Waals surface area contributed by atoms with E-state index in [9.17, 15) is 74.4 Å². The Morgan fingerprint density at radius 2 is 1.40 bits per heavy atom. The number of rotatable bonds is 37. The average Bonchev–Trinajstić information content (AvgIpc) is 1.00. The highest BCUT2D eigenvalue weighted by atomic mass is 32.3. The molecule has 4 aromatic heterocycles. The van der Waals surface area contributed by atoms with E-state index in [1.807, 2.05) is 30.3 Å². The van der Waals surface area contributed by atoms with Crippen molar-refractivity contribution in [3.8, 4) is 10.7 Å². The summed E-state index contributed by atoms with van der Waals surface area (Å²) in [6.07, 6.45) is -24.5. The Labute approximate surface area is 618 Å². The van der Waals surface area contributed by atoms with Crippen molar-refractivity contribution >= 4 is 86.3 Å². The fourth-order valence-corrected chi connectivity index (χ4v) is 12.3. The van der Waals surface area contributed by atoms with Gasteiger partial charge in [0.15, 0.2) is 18.7 Å². The smallest absolute Gasteiger partial charge is 0.404 e. The van der Waals surface area contributed by atoms with Crippen LogP contribution in [0.5, 0.6) is 0 Å². The fourth-order valence-electron chi connectivity index (χ4n) is 10.7. The number of amides is 8. The second kappa shape index (κ2) is 40.6. The molecule has 1 aromatic carbocycles. The summed E-state index contributed by atoms with van der Waals surface area (Å²) in [4.78, 5) is 131. The van der Waals surface area contributed by atoms with Crippen LogP contribution in [0.2, 0.25) is 0 Å². The number of benzene rings is 1. The highest BCUT2D eigenvalue weighted by Crippen LogP contribution is 2.35. The van der Waals surface area contributed by atoms with E-state index in [1.54, 1.807) is 10.8 Å². The average molecular weight is 1570 g/mol. The predicted octanol–water partition coefficient (Wildman–Crippen LogP) is -6.88. The van der Waals surface area contributed by atoms with Gasteiger partial charge in [-0.15, -0.1) is 22.7 Å². The van der Waals surface area contributed by atoms with Gasteiger partial charge in [0.2, 0.25) is 29.5 Å². The SMILES string of the molecule is Cc1c(N)nc(C(CC(N)=O)NCC(N)C(N)=O)nc1C(=O)NC(C(=O)NC(C)C(O)C(C)C(=O)NC(C(=O)NCCc1nc(-c2nc(C(=O)NCCCNC(C)c3ccccc3)cs2)cs1)C(C)O)C(OC1OC(CO)C(O)C(O)C1OC1OC(CO)C(O)C(OC(N)=O)C1O)c1cnc[nH]1.O=S(=O)(O)O. The first-order chi connectivity index (χ1) is 50.4. The third-order valence-electron chi connectivity index (χ3n) is 16.7. The van der Waals surface area contributed by atoms with Gasteiger partial charge < -0.3 is 135 Å². The molecule has 107 heavy (non-hydrogen) atoms. The minimum absolute atomic E-state index is 0.0169. The molecule has 592 valence electrons. The first-order valence-electron chi connectivity index (χ1n) is 32.9. The van der Waals surface area contributed by atoms with Crippen LogP contribution >= 0.6 is 22.7 Å². The summed E-state index contributed by atoms with van der Waals surface area (Å²) in [5, 5.41) is 112. The lowest BCUT2D eigenvalue weighted by molar-refractivity contribution is -0.372. The second-order valence-electron chi connectivity index (χ2n) is 24.7. The van der Waals surface area contributed by atoms with Crippen molar-refractivity contribution in [3.63, 3.8) is 0 Å². The van der Waals surface area contributed by atoms with Crippen LogP contribution in [0.3, 0.4) is 0 Å². The Bertz CT molecular complexity index is 3880. The summed E-state index contributed by atoms with van der Waals surface area (Å²) >= 11 is 2.50. The number of primary amides is 3. The molecule has 46 heteroatoms. The molecule has 0 aliphatic carbocycles. The summed E-state index contributed by atoms with van der Waals surface area (Å²) in [5.74, 6) is -8.75. The minimum Gasteiger partial charge on any atom is -0.441 e. The van der Waals surface area contributed by atoms with E-state index >= 15 is 4.79 Å². The number of hydrogen-bond donors (Lipinski definition) is 23. The van der Waals surface area contributed by atoms with Crippen LogP contribution < -0.4 is 65.9 Å². The summed E-state index contributed by atoms with van der Waals surface area (Å²) in [5.41, 5.74) is 29.2. The monoisotopic (exact) mass is 1570 g/mol. The largest absolute Gasteiger partial charge is 0.441 e. The maximum absolute atomic E-state index is 15.2. The standard InChI is InChI=1S/C61H88N18O21S2.H2O4S/c1-24-39(76-52(79-50(24)64)31(16-37(63)83)71-17-30(62)51(65)89)56(93)78-41(47(32-18-67-23-72-32)98-60-49(45(87)43(85)35(19-80)97-60)99-59-46(88)48(100-61(66)95)44(86)36(20-81)96-59)57(94)73-27(4)42(84)25(2)53(90)77-40(28(5)82)55(92)70-15-12-38-74-34(22-101-38)58-75-33(21-102-58)54(91)69-14-9-13-68-26(3)29-10-7-6-8-11-29;1-5(2,3)4/h6-8,10-11,18,21-23,25-28,30-31,35-36,40-49,59-60,68,71,80-82,84-88H,9,12-17,19-20,62H2,1-5H3,(H2,63,83)(H2,65,89)(H2,66,95)(H,67,72)(H,69,91)(H,70,92)(H,73,94)(H,77,90)(H,78,93)(H2,64,76,79);(H2,1,2,3,4). The number of aliphatic hydroxyl groups excluding tert-OH is 8. The van der Waals surface area contributed by atoms with Crippen LogP contribution in [-0.4, -0.2) is 273 Å². The van der Waals surface area contributed by atoms with Gasteiger partial charge in [-0.3, -0.25) is 42.7 Å². The number of hydrogen-bond acceptors (Lipinski definition) is 34. The Morgan fingerprint density at radius 3 is 2.02 bits per heavy atom. The molecular weight excluding hydrogens is 1480 g/mol. The maximum atomic E-state index is 15.2. The highest BCUT2D eigenvalue weighted by Gasteiger charge is 2.54. The molecule has 43 nitrogen and oxygen atoms in total. The zero-order valence-corrected chi connectivity index (χ0v) is 60.5. The molecule has 2 aliphatic heterocycles. The molecular formula is C61H90N18O25S3. The molecule has 7 rings (SSSR count). The number of nitrogens with one attached hydrogen (secondary N) is 8. The second-order valence-corrected chi connectivity index (χ2v) is 27.4. The van der Waals surface area contributed by atoms with E-state index < -0.39 is 193 Å². The molecule has 5 aromatic rings. The van der Waals surface area contributed by atoms with Crippen LogP contribution in [0.4, 0.5) is 10.6 Å². The first-order valence-corrected chi connectivity index (χ1v) is 36.0. The summed E-state index contributed by atoms with van der Waals surface area (Å²) in [7, 11) is -4.67. The topological polar surface area (TPSA) is 714 Å². The van der Waals surface area contributed by atoms with Crippen LogP contribution in [0, 0.1) is 12.8 Å². The molecule has 0 bridgehead atoms. The lowest BCUT2D eigenvalue weighted by Crippen LogP contribution is -2.65. The summed E-state index contributed by atoms with van der Waals surface area (Å²) in [6.45, 7) is 5.81. The highest BCUT2D eigenvalue weighted by molar-refractivity contribution is 7.79. The number of aliphatic hydroxyl groups is 8. The van der Waals surface area contributed by atoms with E-state index in [2.05, 4.69) is 74.0 Å². The van der Waals surface area contributed by atoms with E-state index in [4.69, 9.17) is 69.9 Å². The van der Waals surface area contributed by atoms with Gasteiger partial charge in [-0.2, -0.15) is 8.42 Å². The normalized spacial score (nSPS) is 23.0. The number of nitrogens with two attached hydrogens (primary N) is 5. The number of carbonyl (C=O) groups is 8. The molecule has 6 heterocycles. The number of ether oxygens (including phenoxy) is 5. The van der Waals surface area contributed by atoms with E-state index in [0.717, 1.165) is 18.1 Å². The Kier molecular flexibility index (Phi) is 33.1. The molecule has 8 amide bonds. The number of imidazole rings is 1. The Hall–Kier alpha value is -8.60. The number of aromatic amines is 1. The molecule has 20 unspecified atom stereocenters. The Morgan fingerprint density at radius 1 is 0.738 bits per heavy atom. The predicted molar refractivity (Wildman–Crippen MR) is 372 cm³/mol. The molecule has 0 saturated carbocycles. The summed E-state index contributed by atoms with van der Waals surface area (Å²) in [6, 6.07) is 2.26. The van der Waals surface area contributed by atoms with Gasteiger partial charge in [0.05, 0.1) is 72.7 Å². The zero-order chi connectivity index (χ0) is 79.3. The summed E-state index contributed by atoms with van der Waals surface area (Å²) < 4.78 is 60.4. The number of nitrogens with zero attached hydrogens (tertiary/aromatic N) is 5. The lowest BCUT2D eigenvalue weighted by Gasteiger charge is -2.47. The number of thiazole rings is 2. The Balaban J connectivity index is 0.00000346. The van der Waals surface area contributed by atoms with Crippen LogP contribution in [-0.2, 0) is 64.5 Å². The quantitative estimate of drug-likeness (QED) is 0.0130. The van der Waals surface area contributed by atoms with Crippen molar-refractivity contribution in [1.29, 1.82) is 0 Å². The third-order valence-corrected chi connectivity index (χ3v) is 18.4.